The zero-order valence-electron chi connectivity index (χ0n) is 29.5. The average Bonchev–Trinajstić information content (AvgIpc) is 3.43. The molecular formula is C30H47N9O15. The van der Waals surface area contributed by atoms with E-state index < -0.39 is 147 Å². The molecule has 0 spiro atoms. The Bertz CT molecular complexity index is 1430. The van der Waals surface area contributed by atoms with E-state index in [1.807, 2.05) is 0 Å². The van der Waals surface area contributed by atoms with Gasteiger partial charge in [0, 0.05) is 51.7 Å². The predicted molar refractivity (Wildman–Crippen MR) is 180 cm³/mol. The van der Waals surface area contributed by atoms with Crippen molar-refractivity contribution in [1.29, 1.82) is 0 Å². The van der Waals surface area contributed by atoms with Gasteiger partial charge in [0.05, 0.1) is 12.1 Å². The first-order valence-corrected chi connectivity index (χ1v) is 16.6. The van der Waals surface area contributed by atoms with E-state index in [-0.39, 0.29) is 25.7 Å². The molecule has 0 radical (unpaired) electrons. The Hall–Kier alpha value is -5.75. The maximum Gasteiger partial charge on any atom is 0.328 e. The molecule has 24 nitrogen and oxygen atoms in total. The molecule has 0 aliphatic carbocycles. The third-order valence-corrected chi connectivity index (χ3v) is 8.04. The highest BCUT2D eigenvalue weighted by atomic mass is 16.4. The zero-order valence-corrected chi connectivity index (χ0v) is 29.5. The number of likely N-dealkylation sites (N-methyl/N-ethyl adjacent to an activating group) is 2. The van der Waals surface area contributed by atoms with Crippen LogP contribution >= 0.6 is 0 Å². The molecule has 1 saturated heterocycles. The topological polar surface area (TPSA) is 382 Å². The van der Waals surface area contributed by atoms with Gasteiger partial charge in [-0.3, -0.25) is 52.8 Å². The number of nitrogens with two attached hydrogens (primary N) is 1. The van der Waals surface area contributed by atoms with Gasteiger partial charge >= 0.3 is 23.9 Å². The van der Waals surface area contributed by atoms with Crippen molar-refractivity contribution in [3.8, 4) is 0 Å². The summed E-state index contributed by atoms with van der Waals surface area (Å²) in [5.74, 6) is -11.9. The maximum atomic E-state index is 13.6. The number of carboxylic acid groups (broad SMARTS) is 4. The van der Waals surface area contributed by atoms with E-state index in [1.165, 1.54) is 14.1 Å². The van der Waals surface area contributed by atoms with Crippen molar-refractivity contribution >= 4 is 65.2 Å². The molecule has 1 rings (SSSR count). The van der Waals surface area contributed by atoms with E-state index in [4.69, 9.17) is 15.9 Å². The first-order chi connectivity index (χ1) is 25.4. The molecule has 0 aromatic rings. The smallest absolute Gasteiger partial charge is 0.328 e. The number of imide groups is 1. The van der Waals surface area contributed by atoms with Crippen molar-refractivity contribution in [3.63, 3.8) is 0 Å². The summed E-state index contributed by atoms with van der Waals surface area (Å²) < 4.78 is 0. The first kappa shape index (κ1) is 46.3. The molecule has 0 aromatic carbocycles. The van der Waals surface area contributed by atoms with Crippen LogP contribution in [-0.4, -0.2) is 161 Å². The number of carboxylic acids is 4. The number of rotatable bonds is 26. The Morgan fingerprint density at radius 3 is 1.35 bits per heavy atom. The van der Waals surface area contributed by atoms with E-state index in [0.29, 0.717) is 4.90 Å². The molecule has 0 bridgehead atoms. The van der Waals surface area contributed by atoms with Crippen LogP contribution < -0.4 is 43.0 Å². The van der Waals surface area contributed by atoms with Crippen LogP contribution in [0.2, 0.25) is 0 Å². The predicted octanol–water partition coefficient (Wildman–Crippen LogP) is -6.00. The molecule has 13 N–H and O–H groups in total. The van der Waals surface area contributed by atoms with Crippen molar-refractivity contribution in [1.82, 2.24) is 42.1 Å². The summed E-state index contributed by atoms with van der Waals surface area (Å²) in [6.07, 6.45) is -2.93. The lowest BCUT2D eigenvalue weighted by Gasteiger charge is -2.27. The number of carbonyl (C=O) groups is 11. The summed E-state index contributed by atoms with van der Waals surface area (Å²) in [7, 11) is 2.66. The minimum Gasteiger partial charge on any atom is -0.481 e. The van der Waals surface area contributed by atoms with E-state index in [1.54, 1.807) is 0 Å². The second kappa shape index (κ2) is 23.0. The molecule has 54 heavy (non-hydrogen) atoms. The van der Waals surface area contributed by atoms with Crippen LogP contribution in [0.3, 0.4) is 0 Å². The summed E-state index contributed by atoms with van der Waals surface area (Å²) in [6.45, 7) is -2.03. The van der Waals surface area contributed by atoms with Crippen LogP contribution in [0.1, 0.15) is 51.4 Å². The second-order valence-corrected chi connectivity index (χ2v) is 11.9. The second-order valence-electron chi connectivity index (χ2n) is 11.9. The first-order valence-electron chi connectivity index (χ1n) is 16.6. The maximum absolute atomic E-state index is 13.6. The van der Waals surface area contributed by atoms with Gasteiger partial charge in [0.15, 0.2) is 0 Å². The summed E-state index contributed by atoms with van der Waals surface area (Å²) in [5.41, 5.74) is 5.65. The zero-order chi connectivity index (χ0) is 41.1. The van der Waals surface area contributed by atoms with Crippen molar-refractivity contribution in [2.45, 2.75) is 87.6 Å². The van der Waals surface area contributed by atoms with Gasteiger partial charge in [0.25, 0.3) is 0 Å². The van der Waals surface area contributed by atoms with Crippen LogP contribution in [-0.2, 0) is 52.7 Å². The van der Waals surface area contributed by atoms with E-state index in [9.17, 15) is 63.0 Å². The molecule has 0 saturated carbocycles. The fraction of sp³-hybridized carbons (Fsp3) is 0.633. The van der Waals surface area contributed by atoms with Crippen LogP contribution in [0.15, 0.2) is 0 Å². The average molecular weight is 774 g/mol. The molecule has 0 aromatic heterocycles. The number of amides is 7. The van der Waals surface area contributed by atoms with Crippen LogP contribution in [0.5, 0.6) is 0 Å². The Morgan fingerprint density at radius 1 is 0.574 bits per heavy atom. The monoisotopic (exact) mass is 773 g/mol. The molecular weight excluding hydrogens is 726 g/mol. The van der Waals surface area contributed by atoms with Gasteiger partial charge in [-0.05, 0) is 33.4 Å². The van der Waals surface area contributed by atoms with E-state index in [2.05, 4.69) is 37.2 Å². The fourth-order valence-electron chi connectivity index (χ4n) is 5.03. The minimum atomic E-state index is -1.77. The highest BCUT2D eigenvalue weighted by Gasteiger charge is 2.39. The van der Waals surface area contributed by atoms with Crippen molar-refractivity contribution in [2.75, 3.05) is 33.7 Å². The Kier molecular flexibility index (Phi) is 19.7. The van der Waals surface area contributed by atoms with Crippen molar-refractivity contribution in [3.05, 3.63) is 0 Å². The summed E-state index contributed by atoms with van der Waals surface area (Å²) in [5, 5.41) is 53.1. The van der Waals surface area contributed by atoms with Crippen LogP contribution in [0.4, 0.5) is 0 Å². The SMILES string of the molecule is CN[C@@H](CCC(=O)O)C(=O)NC(CNC(=O)C(CCC(=O)O)NC(=O)[C@H](CNC(=O)[C@H](CN)N1C(=O)CCC1=O)NC(=O)[C@H](CCC(=O)O)NC)C(=O)O. The van der Waals surface area contributed by atoms with Crippen molar-refractivity contribution < 1.29 is 73.2 Å². The number of likely N-dealkylation sites (tertiary alicyclic amines) is 1. The Morgan fingerprint density at radius 2 is 0.944 bits per heavy atom. The lowest BCUT2D eigenvalue weighted by atomic mass is 10.1. The number of carbonyl (C=O) groups excluding carboxylic acids is 7. The lowest BCUT2D eigenvalue weighted by molar-refractivity contribution is -0.146. The van der Waals surface area contributed by atoms with E-state index >= 15 is 0 Å². The molecule has 1 aliphatic heterocycles. The highest BCUT2D eigenvalue weighted by molar-refractivity contribution is 6.06. The quantitative estimate of drug-likeness (QED) is 0.0364. The van der Waals surface area contributed by atoms with Gasteiger partial charge < -0.3 is 63.4 Å². The molecule has 302 valence electrons. The minimum absolute atomic E-state index is 0.159. The Balaban J connectivity index is 3.26. The third-order valence-electron chi connectivity index (χ3n) is 8.04. The van der Waals surface area contributed by atoms with Gasteiger partial charge in [-0.25, -0.2) is 4.79 Å². The van der Waals surface area contributed by atoms with Gasteiger partial charge in [0.1, 0.15) is 24.2 Å². The third kappa shape index (κ3) is 15.5. The molecule has 2 unspecified atom stereocenters. The number of nitrogens with zero attached hydrogens (tertiary/aromatic N) is 1. The molecule has 1 heterocycles. The Labute approximate surface area is 307 Å². The van der Waals surface area contributed by atoms with Gasteiger partial charge in [-0.2, -0.15) is 0 Å². The van der Waals surface area contributed by atoms with Gasteiger partial charge in [0.2, 0.25) is 41.4 Å². The van der Waals surface area contributed by atoms with E-state index in [0.717, 1.165) is 0 Å². The number of nitrogens with one attached hydrogen (secondary N) is 7. The van der Waals surface area contributed by atoms with Crippen LogP contribution in [0, 0.1) is 0 Å². The molecule has 1 fully saturated rings. The fourth-order valence-corrected chi connectivity index (χ4v) is 5.03. The highest BCUT2D eigenvalue weighted by Crippen LogP contribution is 2.15. The van der Waals surface area contributed by atoms with Gasteiger partial charge in [-0.1, -0.05) is 0 Å². The number of hydrogen-bond donors (Lipinski definition) is 12. The normalized spacial score (nSPS) is 15.8. The lowest BCUT2D eigenvalue weighted by Crippen LogP contribution is -2.61. The van der Waals surface area contributed by atoms with Crippen molar-refractivity contribution in [2.24, 2.45) is 5.73 Å². The standard InChI is InChI=1S/C30H47N9O15/c1-32-14(3-8-22(42)43)26(49)37-17(12-35-29(52)19(11-31)39-20(40)6-7-21(39)41)28(51)36-16(5-10-24(46)47)25(48)34-13-18(30(53)54)38-27(50)15(33-2)4-9-23(44)45/h14-19,32-33H,3-13,31H2,1-2H3,(H,34,48)(H,35,52)(H,36,51)(H,37,49)(H,38,50)(H,42,43)(H,44,45)(H,46,47)(H,53,54)/t14-,15-,16?,17-,18?,19-/m0/s1. The summed E-state index contributed by atoms with van der Waals surface area (Å²) >= 11 is 0. The summed E-state index contributed by atoms with van der Waals surface area (Å²) in [6, 6.07) is -9.00. The number of aliphatic carboxylic acids is 4. The molecule has 7 amide bonds. The summed E-state index contributed by atoms with van der Waals surface area (Å²) in [4.78, 5) is 136. The molecule has 6 atom stereocenters. The van der Waals surface area contributed by atoms with Crippen LogP contribution in [0.25, 0.3) is 0 Å². The molecule has 1 aliphatic rings. The largest absolute Gasteiger partial charge is 0.481 e. The number of hydrogen-bond acceptors (Lipinski definition) is 14. The van der Waals surface area contributed by atoms with Gasteiger partial charge in [-0.15, -0.1) is 0 Å². The molecule has 24 heteroatoms.